The highest BCUT2D eigenvalue weighted by atomic mass is 32.2. The number of alkyl halides is 3. The van der Waals surface area contributed by atoms with Gasteiger partial charge in [0.1, 0.15) is 13.2 Å². The number of benzene rings is 1. The Hall–Kier alpha value is -1.65. The molecule has 1 N–H and O–H groups in total. The minimum atomic E-state index is -4.57. The summed E-state index contributed by atoms with van der Waals surface area (Å²) < 4.78 is 67.0. The van der Waals surface area contributed by atoms with Gasteiger partial charge in [-0.3, -0.25) is 0 Å². The van der Waals surface area contributed by atoms with Crippen LogP contribution in [0.4, 0.5) is 13.2 Å². The first kappa shape index (κ1) is 20.6. The summed E-state index contributed by atoms with van der Waals surface area (Å²) in [6.45, 7) is 0.739. The smallest absolute Gasteiger partial charge is 0.396 e. The lowest BCUT2D eigenvalue weighted by Crippen LogP contribution is -2.52. The molecule has 1 aliphatic heterocycles. The second kappa shape index (κ2) is 7.24. The Morgan fingerprint density at radius 3 is 2.62 bits per heavy atom. The first-order valence-corrected chi connectivity index (χ1v) is 11.2. The number of rotatable bonds is 4. The van der Waals surface area contributed by atoms with Crippen LogP contribution in [0.1, 0.15) is 36.5 Å². The van der Waals surface area contributed by atoms with Crippen molar-refractivity contribution in [3.8, 4) is 0 Å². The van der Waals surface area contributed by atoms with Crippen molar-refractivity contribution >= 4 is 16.4 Å². The summed E-state index contributed by atoms with van der Waals surface area (Å²) in [6.07, 6.45) is -0.0563. The average Bonchev–Trinajstić information content (AvgIpc) is 2.99. The molecule has 0 aromatic heterocycles. The molecule has 1 heterocycles. The van der Waals surface area contributed by atoms with E-state index in [1.54, 1.807) is 6.21 Å². The van der Waals surface area contributed by atoms with Gasteiger partial charge >= 0.3 is 6.18 Å². The third-order valence-electron chi connectivity index (χ3n) is 6.34. The lowest BCUT2D eigenvalue weighted by molar-refractivity contribution is -0.136. The van der Waals surface area contributed by atoms with Gasteiger partial charge in [0.15, 0.2) is 0 Å². The van der Waals surface area contributed by atoms with Gasteiger partial charge in [0.05, 0.1) is 11.8 Å². The van der Waals surface area contributed by atoms with Crippen LogP contribution in [0.5, 0.6) is 0 Å². The maximum atomic E-state index is 12.9. The molecule has 10 heteroatoms. The van der Waals surface area contributed by atoms with Crippen molar-refractivity contribution in [3.63, 3.8) is 0 Å². The minimum Gasteiger partial charge on any atom is -0.396 e. The summed E-state index contributed by atoms with van der Waals surface area (Å²) >= 11 is 0. The molecule has 29 heavy (non-hydrogen) atoms. The van der Waals surface area contributed by atoms with Crippen molar-refractivity contribution in [2.45, 2.75) is 44.3 Å². The third kappa shape index (κ3) is 3.89. The highest BCUT2D eigenvalue weighted by molar-refractivity contribution is 7.87. The van der Waals surface area contributed by atoms with E-state index in [1.165, 1.54) is 0 Å². The van der Waals surface area contributed by atoms with E-state index >= 15 is 0 Å². The molecule has 6 nitrogen and oxygen atoms in total. The maximum Gasteiger partial charge on any atom is 0.402 e. The molecule has 2 bridgehead atoms. The molecule has 0 unspecified atom stereocenters. The fraction of sp³-hybridized carbons (Fsp3) is 0.632. The Morgan fingerprint density at radius 2 is 1.97 bits per heavy atom. The topological polar surface area (TPSA) is 71.0 Å². The molecule has 1 aromatic rings. The Labute approximate surface area is 168 Å². The zero-order valence-corrected chi connectivity index (χ0v) is 16.9. The van der Waals surface area contributed by atoms with Crippen LogP contribution >= 0.6 is 0 Å². The first-order valence-electron chi connectivity index (χ1n) is 9.76. The van der Waals surface area contributed by atoms with Gasteiger partial charge < -0.3 is 4.84 Å². The molecule has 0 radical (unpaired) electrons. The standard InChI is InChI=1S/C19H24F3N3O3S/c1-2-28-23-10-13-3-4-14-8-16-5-6-17(9-15(14)7-13)18(16)11-25(12-19(20,21)22)29(26,27)24-18/h3-4,7,10,16-17,24H,2,5-6,8-9,11-12H2,1H3/t16-,17+,18+/m0/s1. The average molecular weight is 431 g/mol. The maximum absolute atomic E-state index is 12.9. The number of nitrogens with one attached hydrogen (secondary N) is 1. The van der Waals surface area contributed by atoms with Gasteiger partial charge in [0.25, 0.3) is 10.2 Å². The molecule has 3 atom stereocenters. The molecule has 1 aromatic carbocycles. The lowest BCUT2D eigenvalue weighted by atomic mass is 9.79. The molecule has 1 saturated heterocycles. The Morgan fingerprint density at radius 1 is 1.28 bits per heavy atom. The van der Waals surface area contributed by atoms with Gasteiger partial charge in [0.2, 0.25) is 0 Å². The lowest BCUT2D eigenvalue weighted by Gasteiger charge is -2.33. The Bertz CT molecular complexity index is 919. The predicted octanol–water partition coefficient (Wildman–Crippen LogP) is 2.63. The van der Waals surface area contributed by atoms with Crippen LogP contribution < -0.4 is 4.72 Å². The molecule has 2 fully saturated rings. The number of halogens is 3. The molecule has 4 rings (SSSR count). The number of hydrogen-bond acceptors (Lipinski definition) is 4. The monoisotopic (exact) mass is 431 g/mol. The number of nitrogens with zero attached hydrogens (tertiary/aromatic N) is 2. The van der Waals surface area contributed by atoms with Crippen LogP contribution in [0.2, 0.25) is 0 Å². The molecule has 160 valence electrons. The quantitative estimate of drug-likeness (QED) is 0.589. The van der Waals surface area contributed by atoms with E-state index in [0.29, 0.717) is 23.8 Å². The molecule has 2 aliphatic carbocycles. The van der Waals surface area contributed by atoms with Gasteiger partial charge in [-0.05, 0) is 67.2 Å². The summed E-state index contributed by atoms with van der Waals surface area (Å²) in [4.78, 5) is 5.00. The van der Waals surface area contributed by atoms with E-state index in [9.17, 15) is 21.6 Å². The van der Waals surface area contributed by atoms with E-state index in [0.717, 1.165) is 29.5 Å². The first-order chi connectivity index (χ1) is 13.6. The third-order valence-corrected chi connectivity index (χ3v) is 7.92. The Kier molecular flexibility index (Phi) is 5.15. The number of oxime groups is 1. The van der Waals surface area contributed by atoms with Crippen molar-refractivity contribution in [2.75, 3.05) is 19.7 Å². The van der Waals surface area contributed by atoms with Crippen molar-refractivity contribution < 1.29 is 26.4 Å². The predicted molar refractivity (Wildman–Crippen MR) is 102 cm³/mol. The molecule has 3 aliphatic rings. The molecule has 1 spiro atoms. The molecule has 1 saturated carbocycles. The van der Waals surface area contributed by atoms with Gasteiger partial charge in [0, 0.05) is 6.54 Å². The highest BCUT2D eigenvalue weighted by Crippen LogP contribution is 2.50. The zero-order valence-electron chi connectivity index (χ0n) is 16.1. The van der Waals surface area contributed by atoms with Gasteiger partial charge in [-0.1, -0.05) is 17.3 Å². The van der Waals surface area contributed by atoms with Crippen LogP contribution in [0.15, 0.2) is 23.4 Å². The van der Waals surface area contributed by atoms with E-state index in [-0.39, 0.29) is 18.4 Å². The van der Waals surface area contributed by atoms with Gasteiger partial charge in [-0.2, -0.15) is 30.6 Å². The number of hydrogen-bond donors (Lipinski definition) is 1. The van der Waals surface area contributed by atoms with Crippen LogP contribution in [0.25, 0.3) is 0 Å². The Balaban J connectivity index is 1.62. The summed E-state index contributed by atoms with van der Waals surface area (Å²) in [5.74, 6) is -0.0643. The zero-order chi connectivity index (χ0) is 20.9. The van der Waals surface area contributed by atoms with E-state index in [4.69, 9.17) is 4.84 Å². The van der Waals surface area contributed by atoms with Crippen molar-refractivity contribution in [1.29, 1.82) is 0 Å². The molecule has 0 amide bonds. The molecular formula is C19H24F3N3O3S. The van der Waals surface area contributed by atoms with Crippen LogP contribution in [0, 0.1) is 11.8 Å². The van der Waals surface area contributed by atoms with Crippen LogP contribution in [0.3, 0.4) is 0 Å². The van der Waals surface area contributed by atoms with E-state index in [1.807, 2.05) is 25.1 Å². The van der Waals surface area contributed by atoms with Crippen molar-refractivity contribution in [2.24, 2.45) is 17.0 Å². The summed E-state index contributed by atoms with van der Waals surface area (Å²) in [5.41, 5.74) is 2.27. The van der Waals surface area contributed by atoms with Gasteiger partial charge in [-0.25, -0.2) is 0 Å². The van der Waals surface area contributed by atoms with Crippen LogP contribution in [-0.4, -0.2) is 50.3 Å². The summed E-state index contributed by atoms with van der Waals surface area (Å²) in [5, 5.41) is 3.88. The van der Waals surface area contributed by atoms with Crippen molar-refractivity contribution in [1.82, 2.24) is 9.03 Å². The van der Waals surface area contributed by atoms with Gasteiger partial charge in [-0.15, -0.1) is 0 Å². The molecular weight excluding hydrogens is 407 g/mol. The van der Waals surface area contributed by atoms with Crippen molar-refractivity contribution in [3.05, 3.63) is 34.9 Å². The summed E-state index contributed by atoms with van der Waals surface area (Å²) in [6, 6.07) is 5.96. The second-order valence-corrected chi connectivity index (χ2v) is 9.76. The largest absolute Gasteiger partial charge is 0.402 e. The normalized spacial score (nSPS) is 31.3. The summed E-state index contributed by atoms with van der Waals surface area (Å²) in [7, 11) is -4.16. The van der Waals surface area contributed by atoms with Crippen LogP contribution in [-0.2, 0) is 27.9 Å². The van der Waals surface area contributed by atoms with E-state index < -0.39 is 28.5 Å². The SMILES string of the molecule is CCON=Cc1ccc2c(c1)C[C@H]1CC[C@@H](C2)[C@]12CN(CC(F)(F)F)S(=O)(=O)N2. The second-order valence-electron chi connectivity index (χ2n) is 8.09. The number of fused-ring (bicyclic) bond motifs is 1. The van der Waals surface area contributed by atoms with E-state index in [2.05, 4.69) is 9.88 Å². The minimum absolute atomic E-state index is 0.0234. The fourth-order valence-electron chi connectivity index (χ4n) is 5.12. The highest BCUT2D eigenvalue weighted by Gasteiger charge is 2.60. The fourth-order valence-corrected chi connectivity index (χ4v) is 6.82.